The van der Waals surface area contributed by atoms with E-state index in [1.54, 1.807) is 0 Å². The Balaban J connectivity index is 2.48. The predicted octanol–water partition coefficient (Wildman–Crippen LogP) is 0.481. The average molecular weight is 166 g/mol. The number of aryl methyl sites for hydroxylation is 1. The Morgan fingerprint density at radius 1 is 1.25 bits per heavy atom. The van der Waals surface area contributed by atoms with E-state index in [-0.39, 0.29) is 6.61 Å². The Kier molecular flexibility index (Phi) is 3.28. The smallest absolute Gasteiger partial charge is 0.402 e. The van der Waals surface area contributed by atoms with Gasteiger partial charge in [0, 0.05) is 0 Å². The SMILES string of the molecule is Cc1ccc(COB(O)O)cc1. The molecule has 0 aliphatic rings. The molecule has 0 saturated carbocycles. The quantitative estimate of drug-likeness (QED) is 0.642. The van der Waals surface area contributed by atoms with Crippen LogP contribution in [0, 0.1) is 6.92 Å². The highest BCUT2D eigenvalue weighted by Gasteiger charge is 2.07. The Morgan fingerprint density at radius 3 is 2.33 bits per heavy atom. The van der Waals surface area contributed by atoms with Gasteiger partial charge >= 0.3 is 7.32 Å². The van der Waals surface area contributed by atoms with E-state index in [9.17, 15) is 0 Å². The molecule has 12 heavy (non-hydrogen) atoms. The van der Waals surface area contributed by atoms with E-state index >= 15 is 0 Å². The van der Waals surface area contributed by atoms with E-state index in [1.807, 2.05) is 31.2 Å². The molecule has 3 nitrogen and oxygen atoms in total. The standard InChI is InChI=1S/C8H11BO3/c1-7-2-4-8(5-3-7)6-12-9(10)11/h2-5,10-11H,6H2,1H3. The van der Waals surface area contributed by atoms with Crippen LogP contribution in [0.15, 0.2) is 24.3 Å². The zero-order valence-electron chi connectivity index (χ0n) is 6.90. The fraction of sp³-hybridized carbons (Fsp3) is 0.250. The normalized spacial score (nSPS) is 9.92. The molecule has 1 aromatic carbocycles. The summed E-state index contributed by atoms with van der Waals surface area (Å²) < 4.78 is 4.58. The van der Waals surface area contributed by atoms with Crippen molar-refractivity contribution in [1.29, 1.82) is 0 Å². The second-order valence-corrected chi connectivity index (χ2v) is 2.62. The van der Waals surface area contributed by atoms with Crippen LogP contribution in [0.2, 0.25) is 0 Å². The first-order chi connectivity index (χ1) is 5.68. The second-order valence-electron chi connectivity index (χ2n) is 2.62. The molecule has 0 aliphatic carbocycles. The van der Waals surface area contributed by atoms with Gasteiger partial charge in [0.25, 0.3) is 0 Å². The molecule has 0 saturated heterocycles. The van der Waals surface area contributed by atoms with Gasteiger partial charge < -0.3 is 14.7 Å². The van der Waals surface area contributed by atoms with Crippen LogP contribution < -0.4 is 0 Å². The molecule has 0 fully saturated rings. The van der Waals surface area contributed by atoms with Gasteiger partial charge in [0.05, 0.1) is 6.61 Å². The van der Waals surface area contributed by atoms with Crippen molar-refractivity contribution in [2.75, 3.05) is 0 Å². The summed E-state index contributed by atoms with van der Waals surface area (Å²) in [5.74, 6) is 0. The second kappa shape index (κ2) is 4.26. The van der Waals surface area contributed by atoms with Gasteiger partial charge in [-0.05, 0) is 12.5 Å². The van der Waals surface area contributed by atoms with Gasteiger partial charge in [0.15, 0.2) is 0 Å². The summed E-state index contributed by atoms with van der Waals surface area (Å²) >= 11 is 0. The van der Waals surface area contributed by atoms with Gasteiger partial charge in [-0.15, -0.1) is 0 Å². The maximum absolute atomic E-state index is 8.40. The van der Waals surface area contributed by atoms with Crippen molar-refractivity contribution in [2.45, 2.75) is 13.5 Å². The third-order valence-electron chi connectivity index (χ3n) is 1.52. The first-order valence-electron chi connectivity index (χ1n) is 3.72. The summed E-state index contributed by atoms with van der Waals surface area (Å²) in [7, 11) is -1.69. The molecule has 1 aromatic rings. The fourth-order valence-electron chi connectivity index (χ4n) is 0.855. The molecule has 1 rings (SSSR count). The third-order valence-corrected chi connectivity index (χ3v) is 1.52. The van der Waals surface area contributed by atoms with Crippen LogP contribution in [0.25, 0.3) is 0 Å². The van der Waals surface area contributed by atoms with Crippen LogP contribution in [0.4, 0.5) is 0 Å². The van der Waals surface area contributed by atoms with Gasteiger partial charge in [-0.2, -0.15) is 0 Å². The molecule has 0 spiro atoms. The molecule has 0 unspecified atom stereocenters. The van der Waals surface area contributed by atoms with Gasteiger partial charge in [-0.3, -0.25) is 0 Å². The van der Waals surface area contributed by atoms with Crippen LogP contribution in [0.3, 0.4) is 0 Å². The Hall–Kier alpha value is -0.835. The summed E-state index contributed by atoms with van der Waals surface area (Å²) in [6.07, 6.45) is 0. The van der Waals surface area contributed by atoms with Gasteiger partial charge in [0.2, 0.25) is 0 Å². The average Bonchev–Trinajstić information content (AvgIpc) is 2.03. The largest absolute Gasteiger partial charge is 0.634 e. The summed E-state index contributed by atoms with van der Waals surface area (Å²) in [5, 5.41) is 16.8. The van der Waals surface area contributed by atoms with Crippen molar-refractivity contribution in [3.05, 3.63) is 35.4 Å². The number of hydrogen-bond donors (Lipinski definition) is 2. The molecule has 0 aromatic heterocycles. The van der Waals surface area contributed by atoms with E-state index in [0.717, 1.165) is 5.56 Å². The molecule has 0 bridgehead atoms. The topological polar surface area (TPSA) is 49.7 Å². The minimum absolute atomic E-state index is 0.220. The monoisotopic (exact) mass is 166 g/mol. The first-order valence-corrected chi connectivity index (χ1v) is 3.72. The van der Waals surface area contributed by atoms with Crippen molar-refractivity contribution in [3.63, 3.8) is 0 Å². The molecule has 64 valence electrons. The third kappa shape index (κ3) is 3.05. The number of benzene rings is 1. The van der Waals surface area contributed by atoms with Crippen molar-refractivity contribution in [3.8, 4) is 0 Å². The minimum Gasteiger partial charge on any atom is -0.402 e. The van der Waals surface area contributed by atoms with Crippen LogP contribution >= 0.6 is 0 Å². The van der Waals surface area contributed by atoms with Crippen LogP contribution in [0.5, 0.6) is 0 Å². The van der Waals surface area contributed by atoms with Crippen molar-refractivity contribution in [1.82, 2.24) is 0 Å². The van der Waals surface area contributed by atoms with Crippen molar-refractivity contribution < 1.29 is 14.7 Å². The summed E-state index contributed by atoms with van der Waals surface area (Å²) in [5.41, 5.74) is 2.09. The lowest BCUT2D eigenvalue weighted by molar-refractivity contribution is 0.177. The van der Waals surface area contributed by atoms with E-state index in [4.69, 9.17) is 10.0 Å². The molecular formula is C8H11BO3. The van der Waals surface area contributed by atoms with E-state index in [2.05, 4.69) is 4.65 Å². The highest BCUT2D eigenvalue weighted by molar-refractivity contribution is 6.32. The fourth-order valence-corrected chi connectivity index (χ4v) is 0.855. The Labute approximate surface area is 71.8 Å². The van der Waals surface area contributed by atoms with E-state index in [1.165, 1.54) is 5.56 Å². The summed E-state index contributed by atoms with van der Waals surface area (Å²) in [4.78, 5) is 0. The van der Waals surface area contributed by atoms with Crippen molar-refractivity contribution in [2.24, 2.45) is 0 Å². The molecule has 0 atom stereocenters. The molecule has 0 radical (unpaired) electrons. The summed E-state index contributed by atoms with van der Waals surface area (Å²) in [6, 6.07) is 7.67. The predicted molar refractivity (Wildman–Crippen MR) is 46.2 cm³/mol. The van der Waals surface area contributed by atoms with Crippen molar-refractivity contribution >= 4 is 7.32 Å². The maximum atomic E-state index is 8.40. The van der Waals surface area contributed by atoms with Crippen LogP contribution in [-0.2, 0) is 11.3 Å². The number of hydrogen-bond acceptors (Lipinski definition) is 3. The minimum atomic E-state index is -1.69. The lowest BCUT2D eigenvalue weighted by Crippen LogP contribution is -2.16. The molecule has 0 amide bonds. The Morgan fingerprint density at radius 2 is 1.83 bits per heavy atom. The highest BCUT2D eigenvalue weighted by atomic mass is 16.6. The van der Waals surface area contributed by atoms with E-state index in [0.29, 0.717) is 0 Å². The van der Waals surface area contributed by atoms with Gasteiger partial charge in [-0.1, -0.05) is 29.8 Å². The molecule has 0 heterocycles. The van der Waals surface area contributed by atoms with Crippen LogP contribution in [-0.4, -0.2) is 17.4 Å². The molecule has 4 heteroatoms. The lowest BCUT2D eigenvalue weighted by atomic mass is 10.1. The van der Waals surface area contributed by atoms with Gasteiger partial charge in [-0.25, -0.2) is 0 Å². The maximum Gasteiger partial charge on any atom is 0.634 e. The van der Waals surface area contributed by atoms with Crippen LogP contribution in [0.1, 0.15) is 11.1 Å². The molecule has 0 aliphatic heterocycles. The Bertz CT molecular complexity index is 233. The molecule has 2 N–H and O–H groups in total. The van der Waals surface area contributed by atoms with Gasteiger partial charge in [0.1, 0.15) is 0 Å². The van der Waals surface area contributed by atoms with E-state index < -0.39 is 7.32 Å². The zero-order valence-corrected chi connectivity index (χ0v) is 6.90. The lowest BCUT2D eigenvalue weighted by Gasteiger charge is -2.02. The first kappa shape index (κ1) is 9.25. The number of rotatable bonds is 3. The summed E-state index contributed by atoms with van der Waals surface area (Å²) in [6.45, 7) is 2.21. The molecular weight excluding hydrogens is 155 g/mol. The highest BCUT2D eigenvalue weighted by Crippen LogP contribution is 2.04. The zero-order chi connectivity index (χ0) is 8.97.